The van der Waals surface area contributed by atoms with Crippen LogP contribution in [0.3, 0.4) is 0 Å². The van der Waals surface area contributed by atoms with Crippen molar-refractivity contribution in [2.45, 2.75) is 19.9 Å². The monoisotopic (exact) mass is 381 g/mol. The molecule has 0 saturated heterocycles. The van der Waals surface area contributed by atoms with E-state index in [0.29, 0.717) is 31.7 Å². The molecule has 2 aromatic carbocycles. The summed E-state index contributed by atoms with van der Waals surface area (Å²) >= 11 is 0. The van der Waals surface area contributed by atoms with Gasteiger partial charge < -0.3 is 14.8 Å². The van der Waals surface area contributed by atoms with E-state index in [2.05, 4.69) is 10.4 Å². The molecule has 3 rings (SSSR count). The first-order valence-electron chi connectivity index (χ1n) is 9.24. The second kappa shape index (κ2) is 9.55. The van der Waals surface area contributed by atoms with Gasteiger partial charge in [-0.3, -0.25) is 14.3 Å². The summed E-state index contributed by atoms with van der Waals surface area (Å²) in [5.41, 5.74) is 0.601. The predicted molar refractivity (Wildman–Crippen MR) is 107 cm³/mol. The first-order chi connectivity index (χ1) is 13.7. The zero-order valence-corrected chi connectivity index (χ0v) is 15.8. The Kier molecular flexibility index (Phi) is 6.62. The topological polar surface area (TPSA) is 82.4 Å². The van der Waals surface area contributed by atoms with Crippen LogP contribution in [-0.4, -0.2) is 35.4 Å². The molecule has 7 heteroatoms. The maximum Gasteiger partial charge on any atom is 0.221 e. The highest BCUT2D eigenvalue weighted by Crippen LogP contribution is 2.17. The van der Waals surface area contributed by atoms with E-state index in [1.165, 1.54) is 6.20 Å². The second-order valence-corrected chi connectivity index (χ2v) is 6.10. The maximum absolute atomic E-state index is 12.1. The van der Waals surface area contributed by atoms with Crippen LogP contribution >= 0.6 is 0 Å². The van der Waals surface area contributed by atoms with Crippen LogP contribution in [-0.2, 0) is 11.3 Å². The molecule has 0 aliphatic heterocycles. The lowest BCUT2D eigenvalue weighted by atomic mass is 10.2. The average Bonchev–Trinajstić information content (AvgIpc) is 2.72. The molecule has 0 atom stereocenters. The van der Waals surface area contributed by atoms with Gasteiger partial charge in [0.15, 0.2) is 0 Å². The fourth-order valence-corrected chi connectivity index (χ4v) is 2.79. The number of para-hydroxylation sites is 1. The molecule has 0 saturated carbocycles. The van der Waals surface area contributed by atoms with Gasteiger partial charge >= 0.3 is 0 Å². The largest absolute Gasteiger partial charge is 0.494 e. The fraction of sp³-hybridized carbons (Fsp3) is 0.286. The number of carbonyl (C=O) groups is 1. The van der Waals surface area contributed by atoms with E-state index in [1.807, 2.05) is 49.4 Å². The SMILES string of the molecule is CCOc1ccc(OCCNC(=O)CCn2ncc(=O)c3ccccc32)cc1. The Morgan fingerprint density at radius 1 is 1.07 bits per heavy atom. The molecule has 3 aromatic rings. The number of ether oxygens (including phenoxy) is 2. The molecule has 0 aliphatic rings. The normalized spacial score (nSPS) is 10.6. The highest BCUT2D eigenvalue weighted by atomic mass is 16.5. The van der Waals surface area contributed by atoms with Crippen LogP contribution in [0.5, 0.6) is 11.5 Å². The molecule has 0 aliphatic carbocycles. The number of hydrogen-bond donors (Lipinski definition) is 1. The van der Waals surface area contributed by atoms with Gasteiger partial charge in [0.05, 0.1) is 31.4 Å². The van der Waals surface area contributed by atoms with Crippen LogP contribution < -0.4 is 20.2 Å². The Morgan fingerprint density at radius 2 is 1.79 bits per heavy atom. The average molecular weight is 381 g/mol. The summed E-state index contributed by atoms with van der Waals surface area (Å²) in [6.45, 7) is 3.73. The minimum absolute atomic E-state index is 0.0973. The number of amides is 1. The molecule has 1 aromatic heterocycles. The molecule has 0 radical (unpaired) electrons. The summed E-state index contributed by atoms with van der Waals surface area (Å²) in [6, 6.07) is 14.6. The summed E-state index contributed by atoms with van der Waals surface area (Å²) in [4.78, 5) is 23.9. The molecule has 0 spiro atoms. The van der Waals surface area contributed by atoms with Crippen molar-refractivity contribution in [3.63, 3.8) is 0 Å². The van der Waals surface area contributed by atoms with Gasteiger partial charge in [-0.15, -0.1) is 0 Å². The van der Waals surface area contributed by atoms with Gasteiger partial charge in [-0.25, -0.2) is 0 Å². The number of benzene rings is 2. The van der Waals surface area contributed by atoms with Crippen LogP contribution in [0.4, 0.5) is 0 Å². The predicted octanol–water partition coefficient (Wildman–Crippen LogP) is 2.38. The first-order valence-corrected chi connectivity index (χ1v) is 9.24. The third-order valence-corrected chi connectivity index (χ3v) is 4.14. The van der Waals surface area contributed by atoms with Gasteiger partial charge in [0, 0.05) is 11.8 Å². The Balaban J connectivity index is 1.43. The van der Waals surface area contributed by atoms with Crippen molar-refractivity contribution in [3.8, 4) is 11.5 Å². The zero-order chi connectivity index (χ0) is 19.8. The summed E-state index contributed by atoms with van der Waals surface area (Å²) in [5.74, 6) is 1.42. The standard InChI is InChI=1S/C21H23N3O4/c1-2-27-16-7-9-17(10-8-16)28-14-12-22-21(26)11-13-24-19-6-4-3-5-18(19)20(25)15-23-24/h3-10,15H,2,11-14H2,1H3,(H,22,26). The van der Waals surface area contributed by atoms with Crippen molar-refractivity contribution < 1.29 is 14.3 Å². The Morgan fingerprint density at radius 3 is 2.54 bits per heavy atom. The van der Waals surface area contributed by atoms with Crippen LogP contribution in [0.15, 0.2) is 59.5 Å². The Bertz CT molecular complexity index is 983. The number of nitrogens with one attached hydrogen (secondary N) is 1. The van der Waals surface area contributed by atoms with E-state index in [0.717, 1.165) is 17.0 Å². The highest BCUT2D eigenvalue weighted by Gasteiger charge is 2.06. The highest BCUT2D eigenvalue weighted by molar-refractivity contribution is 5.79. The second-order valence-electron chi connectivity index (χ2n) is 6.10. The Labute approximate surface area is 162 Å². The van der Waals surface area contributed by atoms with Crippen LogP contribution in [0, 0.1) is 0 Å². The molecule has 0 bridgehead atoms. The molecule has 28 heavy (non-hydrogen) atoms. The number of aryl methyl sites for hydroxylation is 1. The van der Waals surface area contributed by atoms with E-state index in [1.54, 1.807) is 10.7 Å². The third kappa shape index (κ3) is 5.09. The lowest BCUT2D eigenvalue weighted by Crippen LogP contribution is -2.29. The fourth-order valence-electron chi connectivity index (χ4n) is 2.79. The molecular weight excluding hydrogens is 358 g/mol. The van der Waals surface area contributed by atoms with Gasteiger partial charge in [-0.1, -0.05) is 12.1 Å². The van der Waals surface area contributed by atoms with Crippen LogP contribution in [0.1, 0.15) is 13.3 Å². The molecule has 0 unspecified atom stereocenters. The lowest BCUT2D eigenvalue weighted by molar-refractivity contribution is -0.121. The number of carbonyl (C=O) groups excluding carboxylic acids is 1. The number of hydrogen-bond acceptors (Lipinski definition) is 5. The van der Waals surface area contributed by atoms with Crippen LogP contribution in [0.25, 0.3) is 10.9 Å². The van der Waals surface area contributed by atoms with Gasteiger partial charge in [-0.2, -0.15) is 5.10 Å². The molecule has 7 nitrogen and oxygen atoms in total. The van der Waals surface area contributed by atoms with Crippen molar-refractivity contribution in [3.05, 3.63) is 65.0 Å². The van der Waals surface area contributed by atoms with Crippen molar-refractivity contribution in [1.82, 2.24) is 15.1 Å². The maximum atomic E-state index is 12.1. The van der Waals surface area contributed by atoms with Gasteiger partial charge in [-0.05, 0) is 43.3 Å². The zero-order valence-electron chi connectivity index (χ0n) is 15.8. The number of nitrogens with zero attached hydrogens (tertiary/aromatic N) is 2. The van der Waals surface area contributed by atoms with E-state index < -0.39 is 0 Å². The molecule has 0 fully saturated rings. The molecule has 1 N–H and O–H groups in total. The smallest absolute Gasteiger partial charge is 0.221 e. The number of aromatic nitrogens is 2. The Hall–Kier alpha value is -3.35. The quantitative estimate of drug-likeness (QED) is 0.576. The van der Waals surface area contributed by atoms with E-state index in [4.69, 9.17) is 9.47 Å². The van der Waals surface area contributed by atoms with Crippen molar-refractivity contribution in [1.29, 1.82) is 0 Å². The minimum Gasteiger partial charge on any atom is -0.494 e. The number of rotatable bonds is 9. The van der Waals surface area contributed by atoms with Gasteiger partial charge in [0.25, 0.3) is 0 Å². The van der Waals surface area contributed by atoms with Crippen LogP contribution in [0.2, 0.25) is 0 Å². The summed E-state index contributed by atoms with van der Waals surface area (Å²) < 4.78 is 12.7. The van der Waals surface area contributed by atoms with Gasteiger partial charge in [0.1, 0.15) is 18.1 Å². The van der Waals surface area contributed by atoms with Crippen molar-refractivity contribution >= 4 is 16.8 Å². The summed E-state index contributed by atoms with van der Waals surface area (Å²) in [6.07, 6.45) is 1.55. The van der Waals surface area contributed by atoms with Gasteiger partial charge in [0.2, 0.25) is 11.3 Å². The van der Waals surface area contributed by atoms with E-state index in [-0.39, 0.29) is 17.8 Å². The first kappa shape index (κ1) is 19.4. The minimum atomic E-state index is -0.122. The lowest BCUT2D eigenvalue weighted by Gasteiger charge is -2.10. The molecule has 146 valence electrons. The third-order valence-electron chi connectivity index (χ3n) is 4.14. The number of fused-ring (bicyclic) bond motifs is 1. The van der Waals surface area contributed by atoms with E-state index in [9.17, 15) is 9.59 Å². The molecule has 1 heterocycles. The summed E-state index contributed by atoms with van der Waals surface area (Å²) in [7, 11) is 0. The van der Waals surface area contributed by atoms with Crippen molar-refractivity contribution in [2.24, 2.45) is 0 Å². The summed E-state index contributed by atoms with van der Waals surface area (Å²) in [5, 5.41) is 7.55. The van der Waals surface area contributed by atoms with Crippen molar-refractivity contribution in [2.75, 3.05) is 19.8 Å². The van der Waals surface area contributed by atoms with E-state index >= 15 is 0 Å². The molecular formula is C21H23N3O4. The molecule has 1 amide bonds.